The third kappa shape index (κ3) is 2.30. The van der Waals surface area contributed by atoms with E-state index in [1.807, 2.05) is 12.1 Å². The second-order valence-corrected chi connectivity index (χ2v) is 8.35. The zero-order valence-electron chi connectivity index (χ0n) is 16.4. The first-order chi connectivity index (χ1) is 14.3. The molecule has 5 atom stereocenters. The SMILES string of the molecule is CCCC1CCC23OC(=N)C(C#N)(C2C1)C(C#N)(C#N)C(c1ccc(F)c(F)c1)O3. The largest absolute Gasteiger partial charge is 0.447 e. The summed E-state index contributed by atoms with van der Waals surface area (Å²) in [6.45, 7) is 2.06. The number of halogens is 2. The average molecular weight is 410 g/mol. The average Bonchev–Trinajstić information content (AvgIpc) is 2.94. The van der Waals surface area contributed by atoms with Crippen LogP contribution in [0.15, 0.2) is 18.2 Å². The van der Waals surface area contributed by atoms with Gasteiger partial charge in [0.1, 0.15) is 6.10 Å². The first kappa shape index (κ1) is 20.3. The number of ether oxygens (including phenoxy) is 2. The van der Waals surface area contributed by atoms with Crippen LogP contribution in [0.1, 0.15) is 50.7 Å². The van der Waals surface area contributed by atoms with Crippen LogP contribution in [0.3, 0.4) is 0 Å². The third-order valence-electron chi connectivity index (χ3n) is 6.96. The Kier molecular flexibility index (Phi) is 4.56. The molecule has 6 nitrogen and oxygen atoms in total. The summed E-state index contributed by atoms with van der Waals surface area (Å²) >= 11 is 0. The number of rotatable bonds is 3. The molecule has 0 spiro atoms. The van der Waals surface area contributed by atoms with E-state index in [-0.39, 0.29) is 11.5 Å². The summed E-state index contributed by atoms with van der Waals surface area (Å²) in [5.74, 6) is -4.44. The Morgan fingerprint density at radius 3 is 2.50 bits per heavy atom. The molecule has 0 radical (unpaired) electrons. The van der Waals surface area contributed by atoms with Gasteiger partial charge in [0, 0.05) is 6.42 Å². The Morgan fingerprint density at radius 1 is 1.17 bits per heavy atom. The van der Waals surface area contributed by atoms with Crippen molar-refractivity contribution in [1.29, 1.82) is 21.2 Å². The minimum absolute atomic E-state index is 0.0587. The van der Waals surface area contributed by atoms with Crippen molar-refractivity contribution >= 4 is 5.90 Å². The summed E-state index contributed by atoms with van der Waals surface area (Å²) in [6.07, 6.45) is 2.11. The van der Waals surface area contributed by atoms with E-state index in [1.165, 1.54) is 6.07 Å². The van der Waals surface area contributed by atoms with Gasteiger partial charge >= 0.3 is 0 Å². The van der Waals surface area contributed by atoms with Gasteiger partial charge in [-0.05, 0) is 36.5 Å². The lowest BCUT2D eigenvalue weighted by Crippen LogP contribution is -2.61. The van der Waals surface area contributed by atoms with Gasteiger partial charge in [0.15, 0.2) is 17.0 Å². The quantitative estimate of drug-likeness (QED) is 0.788. The maximum atomic E-state index is 14.0. The minimum Gasteiger partial charge on any atom is -0.447 e. The summed E-state index contributed by atoms with van der Waals surface area (Å²) in [6, 6.07) is 8.95. The molecule has 5 unspecified atom stereocenters. The van der Waals surface area contributed by atoms with E-state index < -0.39 is 46.2 Å². The molecule has 1 N–H and O–H groups in total. The predicted molar refractivity (Wildman–Crippen MR) is 99.2 cm³/mol. The molecular weight excluding hydrogens is 390 g/mol. The van der Waals surface area contributed by atoms with Gasteiger partial charge in [0.05, 0.1) is 24.1 Å². The number of nitrogens with one attached hydrogen (secondary N) is 1. The van der Waals surface area contributed by atoms with Crippen LogP contribution in [0.2, 0.25) is 0 Å². The second kappa shape index (κ2) is 6.76. The molecule has 2 heterocycles. The minimum atomic E-state index is -2.15. The molecule has 3 aliphatic rings. The van der Waals surface area contributed by atoms with Crippen LogP contribution in [0.4, 0.5) is 8.78 Å². The number of hydrogen-bond donors (Lipinski definition) is 1. The highest BCUT2D eigenvalue weighted by atomic mass is 19.2. The standard InChI is InChI=1S/C22H20F2N4O2/c1-2-3-13-6-7-22-17(8-13)21(12-27,19(28)30-22)20(10-25,11-26)18(29-22)14-4-5-15(23)16(24)9-14/h4-5,9,13,17-18,28H,2-3,6-8H2,1H3. The van der Waals surface area contributed by atoms with E-state index >= 15 is 0 Å². The highest BCUT2D eigenvalue weighted by Gasteiger charge is 2.80. The fourth-order valence-corrected chi connectivity index (χ4v) is 5.56. The number of nitriles is 3. The molecule has 30 heavy (non-hydrogen) atoms. The van der Waals surface area contributed by atoms with E-state index in [0.717, 1.165) is 31.4 Å². The molecule has 0 aromatic heterocycles. The van der Waals surface area contributed by atoms with Crippen molar-refractivity contribution in [2.45, 2.75) is 50.9 Å². The van der Waals surface area contributed by atoms with Crippen LogP contribution >= 0.6 is 0 Å². The Morgan fingerprint density at radius 2 is 1.90 bits per heavy atom. The van der Waals surface area contributed by atoms with Crippen LogP contribution in [0.25, 0.3) is 0 Å². The molecule has 4 rings (SSSR count). The van der Waals surface area contributed by atoms with Crippen molar-refractivity contribution in [2.24, 2.45) is 22.7 Å². The Labute approximate surface area is 173 Å². The molecule has 1 aromatic carbocycles. The van der Waals surface area contributed by atoms with Crippen LogP contribution in [-0.2, 0) is 9.47 Å². The molecule has 8 heteroatoms. The second-order valence-electron chi connectivity index (χ2n) is 8.35. The first-order valence-electron chi connectivity index (χ1n) is 9.98. The molecule has 2 aliphatic heterocycles. The van der Waals surface area contributed by atoms with Crippen LogP contribution in [0, 0.1) is 73.7 Å². The lowest BCUT2D eigenvalue weighted by atomic mass is 9.50. The Bertz CT molecular complexity index is 1030. The molecule has 0 amide bonds. The van der Waals surface area contributed by atoms with Crippen molar-refractivity contribution in [1.82, 2.24) is 0 Å². The molecule has 2 bridgehead atoms. The van der Waals surface area contributed by atoms with Gasteiger partial charge in [0.2, 0.25) is 17.1 Å². The fraction of sp³-hybridized carbons (Fsp3) is 0.545. The normalized spacial score (nSPS) is 36.0. The molecular formula is C22H20F2N4O2. The van der Waals surface area contributed by atoms with Crippen LogP contribution in [0.5, 0.6) is 0 Å². The molecule has 154 valence electrons. The van der Waals surface area contributed by atoms with E-state index in [2.05, 4.69) is 13.0 Å². The third-order valence-corrected chi connectivity index (χ3v) is 6.96. The topological polar surface area (TPSA) is 114 Å². The van der Waals surface area contributed by atoms with Gasteiger partial charge in [-0.15, -0.1) is 0 Å². The molecule has 1 aliphatic carbocycles. The smallest absolute Gasteiger partial charge is 0.217 e. The van der Waals surface area contributed by atoms with Crippen molar-refractivity contribution in [2.75, 3.05) is 0 Å². The molecule has 1 aromatic rings. The highest BCUT2D eigenvalue weighted by molar-refractivity contribution is 5.89. The number of benzene rings is 1. The van der Waals surface area contributed by atoms with Gasteiger partial charge in [-0.25, -0.2) is 8.78 Å². The van der Waals surface area contributed by atoms with E-state index in [4.69, 9.17) is 14.9 Å². The van der Waals surface area contributed by atoms with Crippen molar-refractivity contribution < 1.29 is 18.3 Å². The predicted octanol–water partition coefficient (Wildman–Crippen LogP) is 4.50. The van der Waals surface area contributed by atoms with E-state index in [9.17, 15) is 24.6 Å². The molecule has 2 saturated heterocycles. The van der Waals surface area contributed by atoms with Crippen molar-refractivity contribution in [3.63, 3.8) is 0 Å². The summed E-state index contributed by atoms with van der Waals surface area (Å²) in [4.78, 5) is 0. The van der Waals surface area contributed by atoms with Gasteiger partial charge in [-0.3, -0.25) is 5.41 Å². The summed E-state index contributed by atoms with van der Waals surface area (Å²) in [5.41, 5.74) is -3.96. The number of hydrogen-bond acceptors (Lipinski definition) is 6. The monoisotopic (exact) mass is 410 g/mol. The first-order valence-corrected chi connectivity index (χ1v) is 9.98. The molecule has 1 saturated carbocycles. The lowest BCUT2D eigenvalue weighted by Gasteiger charge is -2.52. The van der Waals surface area contributed by atoms with Crippen molar-refractivity contribution in [3.8, 4) is 18.2 Å². The van der Waals surface area contributed by atoms with Crippen molar-refractivity contribution in [3.05, 3.63) is 35.4 Å². The fourth-order valence-electron chi connectivity index (χ4n) is 5.56. The summed E-state index contributed by atoms with van der Waals surface area (Å²) in [5, 5.41) is 39.1. The van der Waals surface area contributed by atoms with Gasteiger partial charge < -0.3 is 9.47 Å². The highest BCUT2D eigenvalue weighted by Crippen LogP contribution is 2.70. The van der Waals surface area contributed by atoms with E-state index in [0.29, 0.717) is 12.8 Å². The zero-order chi connectivity index (χ0) is 21.7. The lowest BCUT2D eigenvalue weighted by molar-refractivity contribution is -0.299. The summed E-state index contributed by atoms with van der Waals surface area (Å²) in [7, 11) is 0. The maximum absolute atomic E-state index is 14.0. The summed E-state index contributed by atoms with van der Waals surface area (Å²) < 4.78 is 39.6. The van der Waals surface area contributed by atoms with Gasteiger partial charge in [-0.2, -0.15) is 15.8 Å². The Balaban J connectivity index is 1.93. The number of nitrogens with zero attached hydrogens (tertiary/aromatic N) is 3. The van der Waals surface area contributed by atoms with E-state index in [1.54, 1.807) is 0 Å². The Hall–Kier alpha value is -3.02. The van der Waals surface area contributed by atoms with Gasteiger partial charge in [0.25, 0.3) is 0 Å². The zero-order valence-corrected chi connectivity index (χ0v) is 16.4. The van der Waals surface area contributed by atoms with Crippen LogP contribution in [-0.4, -0.2) is 11.7 Å². The van der Waals surface area contributed by atoms with Gasteiger partial charge in [-0.1, -0.05) is 25.8 Å². The maximum Gasteiger partial charge on any atom is 0.217 e. The molecule has 3 fully saturated rings. The van der Waals surface area contributed by atoms with Crippen LogP contribution < -0.4 is 0 Å².